The molecule has 0 spiro atoms. The second kappa shape index (κ2) is 7.03. The molecule has 136 valence electrons. The van der Waals surface area contributed by atoms with Gasteiger partial charge < -0.3 is 10.2 Å². The number of carbonyl (C=O) groups excluding carboxylic acids is 2. The molecule has 2 heterocycles. The van der Waals surface area contributed by atoms with Crippen molar-refractivity contribution >= 4 is 11.8 Å². The third kappa shape index (κ3) is 3.19. The van der Waals surface area contributed by atoms with E-state index in [0.717, 1.165) is 0 Å². The molecule has 7 heteroatoms. The van der Waals surface area contributed by atoms with Crippen LogP contribution >= 0.6 is 0 Å². The summed E-state index contributed by atoms with van der Waals surface area (Å²) < 4.78 is 15.3. The van der Waals surface area contributed by atoms with Crippen LogP contribution in [0.25, 0.3) is 5.69 Å². The molecular formula is C20H17FN4O2. The van der Waals surface area contributed by atoms with Crippen molar-refractivity contribution in [3.63, 3.8) is 0 Å². The van der Waals surface area contributed by atoms with Crippen LogP contribution in [0, 0.1) is 5.82 Å². The van der Waals surface area contributed by atoms with Gasteiger partial charge in [0.1, 0.15) is 11.9 Å². The molecule has 6 nitrogen and oxygen atoms in total. The van der Waals surface area contributed by atoms with Crippen molar-refractivity contribution in [2.24, 2.45) is 0 Å². The largest absolute Gasteiger partial charge is 0.352 e. The van der Waals surface area contributed by atoms with Crippen LogP contribution in [0.2, 0.25) is 0 Å². The van der Waals surface area contributed by atoms with E-state index in [1.807, 2.05) is 6.07 Å². The first-order valence-corrected chi connectivity index (χ1v) is 8.58. The van der Waals surface area contributed by atoms with Crippen molar-refractivity contribution in [1.29, 1.82) is 0 Å². The van der Waals surface area contributed by atoms with Gasteiger partial charge in [-0.25, -0.2) is 9.07 Å². The standard InChI is InChI=1S/C20H17FN4O2/c21-15-6-3-5-14(13-15)18-19(26)22-10-12-24(18)20(27)16-7-1-2-8-17(16)25-11-4-9-23-25/h1-9,11,13,18H,10,12H2,(H,22,26)/t18-/m1/s1. The molecule has 4 rings (SSSR count). The van der Waals surface area contributed by atoms with Gasteiger partial charge in [-0.3, -0.25) is 9.59 Å². The molecule has 1 fully saturated rings. The zero-order valence-electron chi connectivity index (χ0n) is 14.4. The number of nitrogens with one attached hydrogen (secondary N) is 1. The van der Waals surface area contributed by atoms with Crippen LogP contribution in [0.1, 0.15) is 22.0 Å². The van der Waals surface area contributed by atoms with Crippen molar-refractivity contribution in [2.75, 3.05) is 13.1 Å². The van der Waals surface area contributed by atoms with Gasteiger partial charge in [0.25, 0.3) is 5.91 Å². The summed E-state index contributed by atoms with van der Waals surface area (Å²) in [5.74, 6) is -1.07. The number of benzene rings is 2. The van der Waals surface area contributed by atoms with Crippen LogP contribution in [-0.2, 0) is 4.79 Å². The predicted octanol–water partition coefficient (Wildman–Crippen LogP) is 2.32. The first-order chi connectivity index (χ1) is 13.1. The van der Waals surface area contributed by atoms with Gasteiger partial charge in [-0.1, -0.05) is 24.3 Å². The molecule has 0 radical (unpaired) electrons. The van der Waals surface area contributed by atoms with Gasteiger partial charge in [0.15, 0.2) is 0 Å². The summed E-state index contributed by atoms with van der Waals surface area (Å²) in [6.45, 7) is 0.680. The highest BCUT2D eigenvalue weighted by Gasteiger charge is 2.35. The van der Waals surface area contributed by atoms with Gasteiger partial charge in [0, 0.05) is 25.5 Å². The highest BCUT2D eigenvalue weighted by Crippen LogP contribution is 2.27. The molecule has 0 saturated carbocycles. The van der Waals surface area contributed by atoms with Gasteiger partial charge in [-0.15, -0.1) is 0 Å². The fourth-order valence-corrected chi connectivity index (χ4v) is 3.31. The Morgan fingerprint density at radius 3 is 2.78 bits per heavy atom. The maximum absolute atomic E-state index is 13.7. The Bertz CT molecular complexity index is 987. The number of nitrogens with zero attached hydrogens (tertiary/aromatic N) is 3. The third-order valence-electron chi connectivity index (χ3n) is 4.52. The second-order valence-electron chi connectivity index (χ2n) is 6.21. The minimum absolute atomic E-state index is 0.301. The molecule has 0 aliphatic carbocycles. The average Bonchev–Trinajstić information content (AvgIpc) is 3.22. The van der Waals surface area contributed by atoms with Crippen molar-refractivity contribution in [1.82, 2.24) is 20.0 Å². The van der Waals surface area contributed by atoms with E-state index in [-0.39, 0.29) is 11.8 Å². The smallest absolute Gasteiger partial charge is 0.257 e. The Morgan fingerprint density at radius 1 is 1.15 bits per heavy atom. The van der Waals surface area contributed by atoms with Gasteiger partial charge in [-0.2, -0.15) is 5.10 Å². The van der Waals surface area contributed by atoms with E-state index in [2.05, 4.69) is 10.4 Å². The summed E-state index contributed by atoms with van der Waals surface area (Å²) >= 11 is 0. The number of piperazine rings is 1. The zero-order valence-corrected chi connectivity index (χ0v) is 14.4. The lowest BCUT2D eigenvalue weighted by molar-refractivity contribution is -0.128. The fourth-order valence-electron chi connectivity index (χ4n) is 3.31. The molecule has 2 aromatic carbocycles. The SMILES string of the molecule is O=C1NCCN(C(=O)c2ccccc2-n2cccn2)[C@@H]1c1cccc(F)c1. The fraction of sp³-hybridized carbons (Fsp3) is 0.150. The van der Waals surface area contributed by atoms with E-state index in [1.165, 1.54) is 23.1 Å². The number of para-hydroxylation sites is 1. The zero-order chi connectivity index (χ0) is 18.8. The molecule has 27 heavy (non-hydrogen) atoms. The normalized spacial score (nSPS) is 16.9. The van der Waals surface area contributed by atoms with Crippen LogP contribution in [0.15, 0.2) is 67.0 Å². The Balaban J connectivity index is 1.75. The number of aromatic nitrogens is 2. The van der Waals surface area contributed by atoms with Crippen molar-refractivity contribution in [3.05, 3.63) is 83.9 Å². The molecule has 1 saturated heterocycles. The highest BCUT2D eigenvalue weighted by atomic mass is 19.1. The molecule has 2 amide bonds. The summed E-state index contributed by atoms with van der Waals surface area (Å²) in [5.41, 5.74) is 1.49. The Morgan fingerprint density at radius 2 is 2.00 bits per heavy atom. The van der Waals surface area contributed by atoms with E-state index in [0.29, 0.717) is 29.9 Å². The predicted molar refractivity (Wildman–Crippen MR) is 96.8 cm³/mol. The summed E-state index contributed by atoms with van der Waals surface area (Å²) in [4.78, 5) is 27.3. The van der Waals surface area contributed by atoms with Crippen LogP contribution < -0.4 is 5.32 Å². The van der Waals surface area contributed by atoms with Gasteiger partial charge >= 0.3 is 0 Å². The third-order valence-corrected chi connectivity index (χ3v) is 4.52. The average molecular weight is 364 g/mol. The van der Waals surface area contributed by atoms with E-state index >= 15 is 0 Å². The Kier molecular flexibility index (Phi) is 4.42. The quantitative estimate of drug-likeness (QED) is 0.776. The molecular weight excluding hydrogens is 347 g/mol. The van der Waals surface area contributed by atoms with E-state index in [4.69, 9.17) is 0 Å². The maximum Gasteiger partial charge on any atom is 0.257 e. The number of carbonyl (C=O) groups is 2. The topological polar surface area (TPSA) is 67.2 Å². The number of rotatable bonds is 3. The van der Waals surface area contributed by atoms with Crippen LogP contribution in [0.3, 0.4) is 0 Å². The maximum atomic E-state index is 13.7. The van der Waals surface area contributed by atoms with Crippen molar-refractivity contribution in [2.45, 2.75) is 6.04 Å². The van der Waals surface area contributed by atoms with Crippen molar-refractivity contribution < 1.29 is 14.0 Å². The second-order valence-corrected chi connectivity index (χ2v) is 6.21. The molecule has 1 N–H and O–H groups in total. The Labute approximate surface area is 155 Å². The summed E-state index contributed by atoms with van der Waals surface area (Å²) in [6, 6.07) is 13.8. The first-order valence-electron chi connectivity index (χ1n) is 8.58. The lowest BCUT2D eigenvalue weighted by Crippen LogP contribution is -2.52. The molecule has 0 unspecified atom stereocenters. The van der Waals surface area contributed by atoms with E-state index in [9.17, 15) is 14.0 Å². The molecule has 1 aliphatic rings. The number of amides is 2. The number of hydrogen-bond donors (Lipinski definition) is 1. The minimum Gasteiger partial charge on any atom is -0.352 e. The lowest BCUT2D eigenvalue weighted by atomic mass is 10.0. The lowest BCUT2D eigenvalue weighted by Gasteiger charge is -2.35. The molecule has 3 aromatic rings. The molecule has 1 aromatic heterocycles. The molecule has 1 aliphatic heterocycles. The van der Waals surface area contributed by atoms with Gasteiger partial charge in [-0.05, 0) is 35.9 Å². The van der Waals surface area contributed by atoms with E-state index < -0.39 is 11.9 Å². The van der Waals surface area contributed by atoms with Gasteiger partial charge in [0.05, 0.1) is 11.3 Å². The van der Waals surface area contributed by atoms with E-state index in [1.54, 1.807) is 47.4 Å². The van der Waals surface area contributed by atoms with Gasteiger partial charge in [0.2, 0.25) is 5.91 Å². The van der Waals surface area contributed by atoms with Crippen LogP contribution in [0.4, 0.5) is 4.39 Å². The number of hydrogen-bond acceptors (Lipinski definition) is 3. The molecule has 0 bridgehead atoms. The monoisotopic (exact) mass is 364 g/mol. The van der Waals surface area contributed by atoms with Crippen molar-refractivity contribution in [3.8, 4) is 5.69 Å². The minimum atomic E-state index is -0.882. The summed E-state index contributed by atoms with van der Waals surface area (Å²) in [7, 11) is 0. The summed E-state index contributed by atoms with van der Waals surface area (Å²) in [5, 5.41) is 6.95. The van der Waals surface area contributed by atoms with Crippen LogP contribution in [-0.4, -0.2) is 39.6 Å². The summed E-state index contributed by atoms with van der Waals surface area (Å²) in [6.07, 6.45) is 3.38. The Hall–Kier alpha value is -3.48. The molecule has 1 atom stereocenters. The number of halogens is 1. The first kappa shape index (κ1) is 17.0. The van der Waals surface area contributed by atoms with Crippen LogP contribution in [0.5, 0.6) is 0 Å². The highest BCUT2D eigenvalue weighted by molar-refractivity contribution is 6.01.